The summed E-state index contributed by atoms with van der Waals surface area (Å²) in [5, 5.41) is 0. The van der Waals surface area contributed by atoms with Gasteiger partial charge in [-0.05, 0) is 25.5 Å². The minimum atomic E-state index is -0.0449. The van der Waals surface area contributed by atoms with Crippen molar-refractivity contribution in [3.05, 3.63) is 23.5 Å². The number of nitrogens with two attached hydrogens (primary N) is 1. The molecule has 1 aromatic heterocycles. The molecule has 0 spiro atoms. The maximum absolute atomic E-state index is 11.7. The average Bonchev–Trinajstić information content (AvgIpc) is 2.45. The lowest BCUT2D eigenvalue weighted by Gasteiger charge is -2.20. The van der Waals surface area contributed by atoms with E-state index in [1.165, 1.54) is 0 Å². The Morgan fingerprint density at radius 3 is 2.80 bits per heavy atom. The quantitative estimate of drug-likeness (QED) is 0.736. The molecule has 4 heteroatoms. The fourth-order valence-electron chi connectivity index (χ4n) is 2.05. The molecule has 0 aliphatic carbocycles. The highest BCUT2D eigenvalue weighted by molar-refractivity contribution is 5.97. The van der Waals surface area contributed by atoms with Crippen LogP contribution >= 0.6 is 0 Å². The number of rotatable bonds is 1. The molecule has 1 aliphatic heterocycles. The standard InChI is InChI=1S/C11H15N3O/c1-7-3-4-13-8(2)11(7)14-6-9(12)5-10(14)15/h3-4,9H,5-6,12H2,1-2H3. The van der Waals surface area contributed by atoms with Crippen molar-refractivity contribution in [3.63, 3.8) is 0 Å². The number of aromatic nitrogens is 1. The van der Waals surface area contributed by atoms with Gasteiger partial charge in [0.1, 0.15) is 0 Å². The van der Waals surface area contributed by atoms with Crippen LogP contribution in [0.25, 0.3) is 0 Å². The summed E-state index contributed by atoms with van der Waals surface area (Å²) in [6.45, 7) is 4.51. The summed E-state index contributed by atoms with van der Waals surface area (Å²) in [5.41, 5.74) is 8.66. The van der Waals surface area contributed by atoms with E-state index in [1.54, 1.807) is 11.1 Å². The highest BCUT2D eigenvalue weighted by atomic mass is 16.2. The molecule has 0 bridgehead atoms. The molecule has 2 N–H and O–H groups in total. The van der Waals surface area contributed by atoms with Gasteiger partial charge in [-0.25, -0.2) is 0 Å². The van der Waals surface area contributed by atoms with Crippen molar-refractivity contribution >= 4 is 11.6 Å². The number of amides is 1. The lowest BCUT2D eigenvalue weighted by atomic mass is 10.2. The number of hydrogen-bond donors (Lipinski definition) is 1. The first-order valence-corrected chi connectivity index (χ1v) is 5.07. The molecule has 1 unspecified atom stereocenters. The molecule has 2 rings (SSSR count). The number of carbonyl (C=O) groups is 1. The Morgan fingerprint density at radius 1 is 1.53 bits per heavy atom. The van der Waals surface area contributed by atoms with Crippen molar-refractivity contribution in [3.8, 4) is 0 Å². The predicted molar refractivity (Wildman–Crippen MR) is 58.7 cm³/mol. The third-order valence-electron chi connectivity index (χ3n) is 2.73. The molecule has 0 saturated carbocycles. The molecule has 1 fully saturated rings. The second-order valence-corrected chi connectivity index (χ2v) is 4.03. The van der Waals surface area contributed by atoms with Crippen LogP contribution in [-0.2, 0) is 4.79 Å². The summed E-state index contributed by atoms with van der Waals surface area (Å²) in [7, 11) is 0. The third kappa shape index (κ3) is 1.72. The van der Waals surface area contributed by atoms with Crippen molar-refractivity contribution < 1.29 is 4.79 Å². The first-order valence-electron chi connectivity index (χ1n) is 5.07. The summed E-state index contributed by atoms with van der Waals surface area (Å²) in [6, 6.07) is 1.87. The fraction of sp³-hybridized carbons (Fsp3) is 0.455. The predicted octanol–water partition coefficient (Wildman–Crippen LogP) is 0.762. The van der Waals surface area contributed by atoms with Crippen LogP contribution in [0, 0.1) is 13.8 Å². The van der Waals surface area contributed by atoms with Gasteiger partial charge in [0.2, 0.25) is 5.91 Å². The molecule has 4 nitrogen and oxygen atoms in total. The van der Waals surface area contributed by atoms with Gasteiger partial charge in [-0.2, -0.15) is 0 Å². The maximum Gasteiger partial charge on any atom is 0.228 e. The Kier molecular flexibility index (Phi) is 2.44. The summed E-state index contributed by atoms with van der Waals surface area (Å²) >= 11 is 0. The molecule has 15 heavy (non-hydrogen) atoms. The Morgan fingerprint density at radius 2 is 2.27 bits per heavy atom. The van der Waals surface area contributed by atoms with Gasteiger partial charge in [0.25, 0.3) is 0 Å². The van der Waals surface area contributed by atoms with Gasteiger partial charge in [-0.15, -0.1) is 0 Å². The van der Waals surface area contributed by atoms with Crippen molar-refractivity contribution in [1.82, 2.24) is 4.98 Å². The van der Waals surface area contributed by atoms with Crippen molar-refractivity contribution in [2.45, 2.75) is 26.3 Å². The first-order chi connectivity index (χ1) is 7.09. The van der Waals surface area contributed by atoms with Crippen molar-refractivity contribution in [2.24, 2.45) is 5.73 Å². The Balaban J connectivity index is 2.41. The Bertz CT molecular complexity index is 383. The summed E-state index contributed by atoms with van der Waals surface area (Å²) in [6.07, 6.45) is 2.20. The average molecular weight is 205 g/mol. The molecule has 0 radical (unpaired) electrons. The zero-order chi connectivity index (χ0) is 11.0. The van der Waals surface area contributed by atoms with Crippen molar-refractivity contribution in [2.75, 3.05) is 11.4 Å². The molecule has 1 saturated heterocycles. The zero-order valence-electron chi connectivity index (χ0n) is 9.03. The third-order valence-corrected chi connectivity index (χ3v) is 2.73. The first kappa shape index (κ1) is 10.1. The molecule has 1 aliphatic rings. The van der Waals surface area contributed by atoms with Crippen LogP contribution in [0.5, 0.6) is 0 Å². The largest absolute Gasteiger partial charge is 0.326 e. The SMILES string of the molecule is Cc1ccnc(C)c1N1CC(N)CC1=O. The van der Waals surface area contributed by atoms with Crippen LogP contribution in [0.15, 0.2) is 12.3 Å². The van der Waals surface area contributed by atoms with Crippen LogP contribution in [0.3, 0.4) is 0 Å². The van der Waals surface area contributed by atoms with Gasteiger partial charge in [0.05, 0.1) is 11.4 Å². The number of hydrogen-bond acceptors (Lipinski definition) is 3. The van der Waals surface area contributed by atoms with Crippen LogP contribution in [0.2, 0.25) is 0 Å². The molecule has 0 aromatic carbocycles. The van der Waals surface area contributed by atoms with E-state index in [9.17, 15) is 4.79 Å². The van der Waals surface area contributed by atoms with Gasteiger partial charge >= 0.3 is 0 Å². The van der Waals surface area contributed by atoms with Crippen molar-refractivity contribution in [1.29, 1.82) is 0 Å². The Labute approximate surface area is 89.1 Å². The van der Waals surface area contributed by atoms with E-state index in [1.807, 2.05) is 19.9 Å². The summed E-state index contributed by atoms with van der Waals surface area (Å²) in [4.78, 5) is 17.7. The second-order valence-electron chi connectivity index (χ2n) is 4.03. The molecule has 1 amide bonds. The highest BCUT2D eigenvalue weighted by Crippen LogP contribution is 2.26. The summed E-state index contributed by atoms with van der Waals surface area (Å²) < 4.78 is 0. The van der Waals surface area contributed by atoms with E-state index >= 15 is 0 Å². The lowest BCUT2D eigenvalue weighted by molar-refractivity contribution is -0.117. The smallest absolute Gasteiger partial charge is 0.228 e. The topological polar surface area (TPSA) is 59.2 Å². The molecule has 1 aromatic rings. The number of aryl methyl sites for hydroxylation is 2. The molecular weight excluding hydrogens is 190 g/mol. The maximum atomic E-state index is 11.7. The van der Waals surface area contributed by atoms with E-state index in [2.05, 4.69) is 4.98 Å². The van der Waals surface area contributed by atoms with Crippen LogP contribution < -0.4 is 10.6 Å². The van der Waals surface area contributed by atoms with Crippen LogP contribution in [-0.4, -0.2) is 23.5 Å². The highest BCUT2D eigenvalue weighted by Gasteiger charge is 2.29. The number of anilines is 1. The zero-order valence-corrected chi connectivity index (χ0v) is 9.03. The van der Waals surface area contributed by atoms with E-state index in [-0.39, 0.29) is 11.9 Å². The minimum absolute atomic E-state index is 0.0449. The number of pyridine rings is 1. The molecule has 2 heterocycles. The van der Waals surface area contributed by atoms with Crippen LogP contribution in [0.1, 0.15) is 17.7 Å². The molecular formula is C11H15N3O. The van der Waals surface area contributed by atoms with Gasteiger partial charge < -0.3 is 10.6 Å². The van der Waals surface area contributed by atoms with E-state index in [0.29, 0.717) is 13.0 Å². The Hall–Kier alpha value is -1.42. The van der Waals surface area contributed by atoms with E-state index < -0.39 is 0 Å². The van der Waals surface area contributed by atoms with Gasteiger partial charge in [-0.3, -0.25) is 9.78 Å². The van der Waals surface area contributed by atoms with Gasteiger partial charge in [0.15, 0.2) is 0 Å². The normalized spacial score (nSPS) is 21.1. The lowest BCUT2D eigenvalue weighted by Crippen LogP contribution is -2.29. The monoisotopic (exact) mass is 205 g/mol. The molecule has 80 valence electrons. The number of carbonyl (C=O) groups excluding carboxylic acids is 1. The van der Waals surface area contributed by atoms with Gasteiger partial charge in [0, 0.05) is 25.2 Å². The minimum Gasteiger partial charge on any atom is -0.326 e. The summed E-state index contributed by atoms with van der Waals surface area (Å²) in [5.74, 6) is 0.0988. The fourth-order valence-corrected chi connectivity index (χ4v) is 2.05. The van der Waals surface area contributed by atoms with Gasteiger partial charge in [-0.1, -0.05) is 0 Å². The van der Waals surface area contributed by atoms with E-state index in [4.69, 9.17) is 5.73 Å². The number of nitrogens with zero attached hydrogens (tertiary/aromatic N) is 2. The van der Waals surface area contributed by atoms with E-state index in [0.717, 1.165) is 16.9 Å². The van der Waals surface area contributed by atoms with Crippen LogP contribution in [0.4, 0.5) is 5.69 Å². The second kappa shape index (κ2) is 3.62. The molecule has 1 atom stereocenters.